The number of nitrogens with zero attached hydrogens (tertiary/aromatic N) is 3. The van der Waals surface area contributed by atoms with Gasteiger partial charge in [0, 0.05) is 31.3 Å². The summed E-state index contributed by atoms with van der Waals surface area (Å²) in [6, 6.07) is 3.97. The summed E-state index contributed by atoms with van der Waals surface area (Å²) in [4.78, 5) is 8.35. The molecule has 5 nitrogen and oxygen atoms in total. The average Bonchev–Trinajstić information content (AvgIpc) is 2.76. The molecule has 0 aliphatic heterocycles. The van der Waals surface area contributed by atoms with Crippen LogP contribution in [0.4, 0.5) is 0 Å². The molecule has 2 heterocycles. The topological polar surface area (TPSA) is 77.8 Å². The average molecular weight is 260 g/mol. The van der Waals surface area contributed by atoms with Gasteiger partial charge in [-0.25, -0.2) is 0 Å². The summed E-state index contributed by atoms with van der Waals surface area (Å²) in [5, 5.41) is 3.98. The Morgan fingerprint density at radius 3 is 2.68 bits per heavy atom. The van der Waals surface area contributed by atoms with Gasteiger partial charge in [0.25, 0.3) is 0 Å². The number of hydrogen-bond acceptors (Lipinski definition) is 5. The quantitative estimate of drug-likeness (QED) is 0.859. The summed E-state index contributed by atoms with van der Waals surface area (Å²) < 4.78 is 5.23. The van der Waals surface area contributed by atoms with E-state index in [9.17, 15) is 0 Å². The highest BCUT2D eigenvalue weighted by atomic mass is 16.5. The zero-order valence-corrected chi connectivity index (χ0v) is 11.4. The summed E-state index contributed by atoms with van der Waals surface area (Å²) in [7, 11) is 0. The number of pyridine rings is 1. The maximum absolute atomic E-state index is 6.03. The highest BCUT2D eigenvalue weighted by molar-refractivity contribution is 5.14. The lowest BCUT2D eigenvalue weighted by atomic mass is 10.0. The molecule has 0 amide bonds. The van der Waals surface area contributed by atoms with E-state index in [0.717, 1.165) is 12.0 Å². The second kappa shape index (κ2) is 6.43. The summed E-state index contributed by atoms with van der Waals surface area (Å²) in [5.74, 6) is 1.89. The molecule has 0 spiro atoms. The number of nitrogens with two attached hydrogens (primary N) is 1. The Morgan fingerprint density at radius 2 is 2.00 bits per heavy atom. The first-order chi connectivity index (χ1) is 9.13. The molecule has 0 aromatic carbocycles. The fraction of sp³-hybridized carbons (Fsp3) is 0.500. The molecule has 0 saturated heterocycles. The number of aromatic nitrogens is 3. The van der Waals surface area contributed by atoms with Crippen molar-refractivity contribution in [3.05, 3.63) is 41.8 Å². The third kappa shape index (κ3) is 4.44. The Morgan fingerprint density at radius 1 is 1.26 bits per heavy atom. The first kappa shape index (κ1) is 13.7. The van der Waals surface area contributed by atoms with Crippen molar-refractivity contribution in [2.45, 2.75) is 39.2 Å². The van der Waals surface area contributed by atoms with Crippen LogP contribution in [0.1, 0.15) is 37.5 Å². The zero-order valence-electron chi connectivity index (χ0n) is 11.4. The Labute approximate surface area is 113 Å². The van der Waals surface area contributed by atoms with Crippen LogP contribution in [0.15, 0.2) is 29.0 Å². The second-order valence-corrected chi connectivity index (χ2v) is 5.23. The molecule has 0 bridgehead atoms. The van der Waals surface area contributed by atoms with Crippen molar-refractivity contribution >= 4 is 0 Å². The van der Waals surface area contributed by atoms with E-state index in [1.807, 2.05) is 12.1 Å². The van der Waals surface area contributed by atoms with Crippen LogP contribution < -0.4 is 5.73 Å². The predicted molar refractivity (Wildman–Crippen MR) is 72.5 cm³/mol. The van der Waals surface area contributed by atoms with E-state index in [-0.39, 0.29) is 6.04 Å². The smallest absolute Gasteiger partial charge is 0.228 e. The van der Waals surface area contributed by atoms with Crippen LogP contribution in [0.5, 0.6) is 0 Å². The molecule has 102 valence electrons. The van der Waals surface area contributed by atoms with Gasteiger partial charge in [0.2, 0.25) is 5.89 Å². The molecular formula is C14H20N4O. The van der Waals surface area contributed by atoms with Crippen LogP contribution in [0, 0.1) is 5.92 Å². The van der Waals surface area contributed by atoms with Crippen LogP contribution in [-0.2, 0) is 12.8 Å². The zero-order chi connectivity index (χ0) is 13.7. The molecule has 0 saturated carbocycles. The van der Waals surface area contributed by atoms with Gasteiger partial charge >= 0.3 is 0 Å². The van der Waals surface area contributed by atoms with Crippen molar-refractivity contribution in [2.75, 3.05) is 0 Å². The lowest BCUT2D eigenvalue weighted by Gasteiger charge is -2.10. The molecule has 2 aromatic heterocycles. The van der Waals surface area contributed by atoms with E-state index in [4.69, 9.17) is 10.3 Å². The van der Waals surface area contributed by atoms with Crippen LogP contribution >= 0.6 is 0 Å². The van der Waals surface area contributed by atoms with Crippen LogP contribution in [0.25, 0.3) is 0 Å². The van der Waals surface area contributed by atoms with Crippen molar-refractivity contribution in [1.82, 2.24) is 15.1 Å². The molecule has 2 N–H and O–H groups in total. The van der Waals surface area contributed by atoms with E-state index >= 15 is 0 Å². The molecule has 0 fully saturated rings. The molecule has 2 rings (SSSR count). The highest BCUT2D eigenvalue weighted by Crippen LogP contribution is 2.10. The van der Waals surface area contributed by atoms with E-state index in [0.29, 0.717) is 30.5 Å². The molecule has 1 unspecified atom stereocenters. The normalized spacial score (nSPS) is 12.8. The standard InChI is InChI=1S/C14H20N4O/c1-10(2)7-12(15)9-14-17-13(18-19-14)8-11-3-5-16-6-4-11/h3-6,10,12H,7-9,15H2,1-2H3. The van der Waals surface area contributed by atoms with Crippen LogP contribution in [0.2, 0.25) is 0 Å². The van der Waals surface area contributed by atoms with Crippen LogP contribution in [0.3, 0.4) is 0 Å². The number of rotatable bonds is 6. The van der Waals surface area contributed by atoms with Crippen molar-refractivity contribution in [3.8, 4) is 0 Å². The van der Waals surface area contributed by atoms with Gasteiger partial charge in [-0.3, -0.25) is 4.98 Å². The summed E-state index contributed by atoms with van der Waals surface area (Å²) in [6.45, 7) is 4.31. The van der Waals surface area contributed by atoms with Gasteiger partial charge in [0.15, 0.2) is 5.82 Å². The molecule has 5 heteroatoms. The summed E-state index contributed by atoms with van der Waals surface area (Å²) in [5.41, 5.74) is 7.15. The van der Waals surface area contributed by atoms with Gasteiger partial charge < -0.3 is 10.3 Å². The van der Waals surface area contributed by atoms with Crippen molar-refractivity contribution < 1.29 is 4.52 Å². The largest absolute Gasteiger partial charge is 0.339 e. The van der Waals surface area contributed by atoms with Gasteiger partial charge in [-0.1, -0.05) is 19.0 Å². The molecule has 0 aliphatic carbocycles. The predicted octanol–water partition coefficient (Wildman–Crippen LogP) is 1.97. The lowest BCUT2D eigenvalue weighted by Crippen LogP contribution is -2.24. The van der Waals surface area contributed by atoms with Gasteiger partial charge in [-0.15, -0.1) is 0 Å². The van der Waals surface area contributed by atoms with E-state index < -0.39 is 0 Å². The minimum Gasteiger partial charge on any atom is -0.339 e. The van der Waals surface area contributed by atoms with Gasteiger partial charge in [-0.2, -0.15) is 4.98 Å². The Balaban J connectivity index is 1.92. The SMILES string of the molecule is CC(C)CC(N)Cc1nc(Cc2ccncc2)no1. The summed E-state index contributed by atoms with van der Waals surface area (Å²) in [6.07, 6.45) is 5.78. The molecule has 0 aliphatic rings. The second-order valence-electron chi connectivity index (χ2n) is 5.23. The van der Waals surface area contributed by atoms with Gasteiger partial charge in [0.05, 0.1) is 0 Å². The van der Waals surface area contributed by atoms with Gasteiger partial charge in [0.1, 0.15) is 0 Å². The Kier molecular flexibility index (Phi) is 4.63. The Bertz CT molecular complexity index is 495. The van der Waals surface area contributed by atoms with E-state index in [1.165, 1.54) is 0 Å². The molecule has 1 atom stereocenters. The third-order valence-electron chi connectivity index (χ3n) is 2.83. The van der Waals surface area contributed by atoms with Crippen molar-refractivity contribution in [3.63, 3.8) is 0 Å². The third-order valence-corrected chi connectivity index (χ3v) is 2.83. The van der Waals surface area contributed by atoms with E-state index in [1.54, 1.807) is 12.4 Å². The molecular weight excluding hydrogens is 240 g/mol. The minimum atomic E-state index is 0.0780. The molecule has 0 radical (unpaired) electrons. The van der Waals surface area contributed by atoms with Crippen molar-refractivity contribution in [1.29, 1.82) is 0 Å². The monoisotopic (exact) mass is 260 g/mol. The van der Waals surface area contributed by atoms with Crippen molar-refractivity contribution in [2.24, 2.45) is 11.7 Å². The minimum absolute atomic E-state index is 0.0780. The maximum atomic E-state index is 6.03. The highest BCUT2D eigenvalue weighted by Gasteiger charge is 2.12. The fourth-order valence-corrected chi connectivity index (χ4v) is 2.04. The van der Waals surface area contributed by atoms with Gasteiger partial charge in [-0.05, 0) is 30.0 Å². The molecule has 2 aromatic rings. The first-order valence-corrected chi connectivity index (χ1v) is 6.59. The maximum Gasteiger partial charge on any atom is 0.228 e. The fourth-order valence-electron chi connectivity index (χ4n) is 2.04. The van der Waals surface area contributed by atoms with Crippen LogP contribution in [-0.4, -0.2) is 21.2 Å². The van der Waals surface area contributed by atoms with E-state index in [2.05, 4.69) is 29.0 Å². The molecule has 19 heavy (non-hydrogen) atoms. The Hall–Kier alpha value is -1.75. The first-order valence-electron chi connectivity index (χ1n) is 6.59. The lowest BCUT2D eigenvalue weighted by molar-refractivity contribution is 0.355. The summed E-state index contributed by atoms with van der Waals surface area (Å²) >= 11 is 0. The number of hydrogen-bond donors (Lipinski definition) is 1.